The number of unbranched alkanes of at least 4 members (excludes halogenated alkanes) is 6. The third-order valence-electron chi connectivity index (χ3n) is 11.5. The highest BCUT2D eigenvalue weighted by molar-refractivity contribution is 9.09. The zero-order chi connectivity index (χ0) is 40.0. The minimum atomic E-state index is -0.158. The predicted octanol–water partition coefficient (Wildman–Crippen LogP) is 17.0. The minimum absolute atomic E-state index is 0.158. The summed E-state index contributed by atoms with van der Waals surface area (Å²) in [6.07, 6.45) is 26.9. The SMILES string of the molecule is CCCCCCOC(CCCC(C)CC(C)CC(C)CC(C)CC(C)Br)OC(CCCC(C)CC(C)CC(C)CC(C)CC(C)Br)OCCCCCC. The van der Waals surface area contributed by atoms with Crippen molar-refractivity contribution in [3.05, 3.63) is 0 Å². The molecule has 0 amide bonds. The molecule has 0 aliphatic heterocycles. The number of rotatable bonds is 38. The van der Waals surface area contributed by atoms with Gasteiger partial charge in [0, 0.05) is 22.9 Å². The Balaban J connectivity index is 5.11. The van der Waals surface area contributed by atoms with Gasteiger partial charge in [-0.2, -0.15) is 0 Å². The summed E-state index contributed by atoms with van der Waals surface area (Å²) in [7, 11) is 0. The van der Waals surface area contributed by atoms with E-state index in [0.717, 1.165) is 99.1 Å². The Morgan fingerprint density at radius 1 is 0.340 bits per heavy atom. The first-order chi connectivity index (χ1) is 25.1. The van der Waals surface area contributed by atoms with Crippen LogP contribution < -0.4 is 0 Å². The predicted molar refractivity (Wildman–Crippen MR) is 244 cm³/mol. The van der Waals surface area contributed by atoms with E-state index in [9.17, 15) is 0 Å². The number of hydrogen-bond acceptors (Lipinski definition) is 3. The van der Waals surface area contributed by atoms with Crippen molar-refractivity contribution in [2.24, 2.45) is 47.3 Å². The maximum atomic E-state index is 6.77. The van der Waals surface area contributed by atoms with Crippen molar-refractivity contribution in [3.63, 3.8) is 0 Å². The van der Waals surface area contributed by atoms with Crippen molar-refractivity contribution in [2.45, 2.75) is 247 Å². The Bertz CT molecular complexity index is 716. The molecule has 0 saturated carbocycles. The molecule has 0 aliphatic rings. The van der Waals surface area contributed by atoms with Crippen molar-refractivity contribution < 1.29 is 14.2 Å². The lowest BCUT2D eigenvalue weighted by Gasteiger charge is -2.27. The van der Waals surface area contributed by atoms with E-state index in [-0.39, 0.29) is 12.6 Å². The van der Waals surface area contributed by atoms with Crippen molar-refractivity contribution >= 4 is 31.9 Å². The van der Waals surface area contributed by atoms with E-state index in [0.29, 0.717) is 9.65 Å². The van der Waals surface area contributed by atoms with E-state index in [1.165, 1.54) is 103 Å². The maximum Gasteiger partial charge on any atom is 0.160 e. The van der Waals surface area contributed by atoms with E-state index in [2.05, 4.69) is 115 Å². The van der Waals surface area contributed by atoms with Crippen LogP contribution in [0.2, 0.25) is 0 Å². The molecule has 0 spiro atoms. The molecule has 53 heavy (non-hydrogen) atoms. The lowest BCUT2D eigenvalue weighted by Crippen LogP contribution is -2.28. The van der Waals surface area contributed by atoms with Gasteiger partial charge in [0.1, 0.15) is 0 Å². The van der Waals surface area contributed by atoms with Gasteiger partial charge in [-0.25, -0.2) is 0 Å². The van der Waals surface area contributed by atoms with Gasteiger partial charge in [-0.15, -0.1) is 0 Å². The average molecular weight is 881 g/mol. The second kappa shape index (κ2) is 34.8. The molecule has 0 saturated heterocycles. The molecule has 0 bridgehead atoms. The van der Waals surface area contributed by atoms with E-state index in [1.54, 1.807) is 0 Å². The van der Waals surface area contributed by atoms with Crippen LogP contribution in [0.15, 0.2) is 0 Å². The molecule has 320 valence electrons. The van der Waals surface area contributed by atoms with Crippen LogP contribution in [-0.2, 0) is 14.2 Å². The highest BCUT2D eigenvalue weighted by atomic mass is 79.9. The molecule has 3 nitrogen and oxygen atoms in total. The van der Waals surface area contributed by atoms with E-state index < -0.39 is 0 Å². The normalized spacial score (nSPS) is 19.1. The van der Waals surface area contributed by atoms with Crippen LogP contribution >= 0.6 is 31.9 Å². The van der Waals surface area contributed by atoms with Crippen LogP contribution in [0.25, 0.3) is 0 Å². The Hall–Kier alpha value is 0.840. The number of halogens is 2. The summed E-state index contributed by atoms with van der Waals surface area (Å²) in [6.45, 7) is 30.4. The van der Waals surface area contributed by atoms with E-state index in [4.69, 9.17) is 14.2 Å². The smallest absolute Gasteiger partial charge is 0.160 e. The lowest BCUT2D eigenvalue weighted by atomic mass is 9.83. The second-order valence-electron chi connectivity index (χ2n) is 19.0. The Kier molecular flexibility index (Phi) is 35.4. The van der Waals surface area contributed by atoms with Gasteiger partial charge in [0.25, 0.3) is 0 Å². The van der Waals surface area contributed by atoms with Crippen LogP contribution in [-0.4, -0.2) is 35.4 Å². The molecule has 0 radical (unpaired) electrons. The van der Waals surface area contributed by atoms with Gasteiger partial charge in [0.2, 0.25) is 0 Å². The Morgan fingerprint density at radius 3 is 0.943 bits per heavy atom. The quantitative estimate of drug-likeness (QED) is 0.0351. The molecule has 5 heteroatoms. The van der Waals surface area contributed by atoms with Gasteiger partial charge < -0.3 is 14.2 Å². The molecular formula is C48H96Br2O3. The summed E-state index contributed by atoms with van der Waals surface area (Å²) >= 11 is 7.50. The number of hydrogen-bond donors (Lipinski definition) is 0. The summed E-state index contributed by atoms with van der Waals surface area (Å²) in [5.41, 5.74) is 0. The third-order valence-corrected chi connectivity index (χ3v) is 12.2. The molecule has 0 rings (SSSR count). The minimum Gasteiger partial charge on any atom is -0.353 e. The first-order valence-electron chi connectivity index (χ1n) is 23.3. The molecule has 0 aromatic rings. The summed E-state index contributed by atoms with van der Waals surface area (Å²) in [5.74, 6) is 6.24. The van der Waals surface area contributed by atoms with Gasteiger partial charge in [-0.3, -0.25) is 0 Å². The summed E-state index contributed by atoms with van der Waals surface area (Å²) in [4.78, 5) is 1.24. The van der Waals surface area contributed by atoms with Crippen molar-refractivity contribution in [1.82, 2.24) is 0 Å². The molecule has 0 aromatic heterocycles. The number of ether oxygens (including phenoxy) is 3. The zero-order valence-electron chi connectivity index (χ0n) is 37.9. The first kappa shape index (κ1) is 53.8. The summed E-state index contributed by atoms with van der Waals surface area (Å²) in [6, 6.07) is 0. The Morgan fingerprint density at radius 2 is 0.642 bits per heavy atom. The van der Waals surface area contributed by atoms with Crippen molar-refractivity contribution in [2.75, 3.05) is 13.2 Å². The third kappa shape index (κ3) is 34.6. The summed E-state index contributed by atoms with van der Waals surface area (Å²) < 4.78 is 19.8. The fourth-order valence-corrected chi connectivity index (χ4v) is 10.6. The largest absolute Gasteiger partial charge is 0.353 e. The van der Waals surface area contributed by atoms with Crippen LogP contribution in [0.4, 0.5) is 0 Å². The molecule has 0 N–H and O–H groups in total. The van der Waals surface area contributed by atoms with Gasteiger partial charge in [-0.05, 0) is 137 Å². The molecule has 12 unspecified atom stereocenters. The fourth-order valence-electron chi connectivity index (χ4n) is 9.35. The van der Waals surface area contributed by atoms with Crippen molar-refractivity contribution in [3.8, 4) is 0 Å². The Labute approximate surface area is 351 Å². The van der Waals surface area contributed by atoms with Crippen LogP contribution in [0, 0.1) is 47.3 Å². The second-order valence-corrected chi connectivity index (χ2v) is 22.1. The zero-order valence-corrected chi connectivity index (χ0v) is 41.1. The van der Waals surface area contributed by atoms with Crippen molar-refractivity contribution in [1.29, 1.82) is 0 Å². The highest BCUT2D eigenvalue weighted by Gasteiger charge is 2.21. The molecule has 12 atom stereocenters. The molecule has 0 aromatic carbocycles. The highest BCUT2D eigenvalue weighted by Crippen LogP contribution is 2.30. The topological polar surface area (TPSA) is 27.7 Å². The summed E-state index contributed by atoms with van der Waals surface area (Å²) in [5, 5.41) is 0. The molecule has 0 heterocycles. The van der Waals surface area contributed by atoms with Gasteiger partial charge >= 0.3 is 0 Å². The lowest BCUT2D eigenvalue weighted by molar-refractivity contribution is -0.250. The standard InChI is InChI=1S/C48H96Br2O3/c1-13-15-17-19-27-51-47(25-21-23-37(3)29-39(5)31-41(7)33-43(9)35-45(11)49)53-48(52-28-20-18-16-14-2)26-22-24-38(4)30-40(6)32-42(8)34-44(10)36-46(12)50/h37-48H,13-36H2,1-12H3. The van der Waals surface area contributed by atoms with Gasteiger partial charge in [0.15, 0.2) is 12.6 Å². The van der Waals surface area contributed by atoms with E-state index >= 15 is 0 Å². The van der Waals surface area contributed by atoms with Gasteiger partial charge in [-0.1, -0.05) is 166 Å². The fraction of sp³-hybridized carbons (Fsp3) is 1.00. The van der Waals surface area contributed by atoms with E-state index in [1.807, 2.05) is 0 Å². The van der Waals surface area contributed by atoms with Crippen LogP contribution in [0.1, 0.15) is 224 Å². The average Bonchev–Trinajstić information content (AvgIpc) is 3.02. The molecule has 0 fully saturated rings. The van der Waals surface area contributed by atoms with Crippen LogP contribution in [0.3, 0.4) is 0 Å². The molecular weight excluding hydrogens is 784 g/mol. The first-order valence-corrected chi connectivity index (χ1v) is 25.1. The maximum absolute atomic E-state index is 6.77. The monoisotopic (exact) mass is 879 g/mol. The van der Waals surface area contributed by atoms with Gasteiger partial charge in [0.05, 0.1) is 0 Å². The number of alkyl halides is 2. The molecule has 0 aliphatic carbocycles. The van der Waals surface area contributed by atoms with Crippen LogP contribution in [0.5, 0.6) is 0 Å².